The van der Waals surface area contributed by atoms with Crippen LogP contribution in [-0.4, -0.2) is 29.3 Å². The highest BCUT2D eigenvalue weighted by molar-refractivity contribution is 7.92. The zero-order valence-electron chi connectivity index (χ0n) is 18.9. The standard InChI is InChI=1S/C25H23N5O4S/c1-18-9-11-21(12-10-18)35(32,33)30-23-25(34-17-20-8-5-13-26-14-20)29-22(16-27-23)24(31)28-15-19-6-3-2-4-7-19/h2-14,16H,15,17H2,1H3,(H,27,30)(H,28,31). The largest absolute Gasteiger partial charge is 0.470 e. The van der Waals surface area contributed by atoms with E-state index in [1.54, 1.807) is 36.7 Å². The van der Waals surface area contributed by atoms with Crippen LogP contribution in [0.3, 0.4) is 0 Å². The Balaban J connectivity index is 1.58. The van der Waals surface area contributed by atoms with Crippen LogP contribution in [0.1, 0.15) is 27.2 Å². The van der Waals surface area contributed by atoms with Crippen LogP contribution >= 0.6 is 0 Å². The normalized spacial score (nSPS) is 11.0. The summed E-state index contributed by atoms with van der Waals surface area (Å²) in [5.41, 5.74) is 2.57. The van der Waals surface area contributed by atoms with E-state index >= 15 is 0 Å². The van der Waals surface area contributed by atoms with Crippen LogP contribution in [0, 0.1) is 6.92 Å². The van der Waals surface area contributed by atoms with Crippen molar-refractivity contribution in [1.29, 1.82) is 0 Å². The number of ether oxygens (including phenoxy) is 1. The first-order valence-corrected chi connectivity index (χ1v) is 12.2. The number of anilines is 1. The van der Waals surface area contributed by atoms with Crippen molar-refractivity contribution in [3.05, 3.63) is 108 Å². The van der Waals surface area contributed by atoms with Crippen molar-refractivity contribution in [2.24, 2.45) is 0 Å². The Morgan fingerprint density at radius 2 is 1.69 bits per heavy atom. The van der Waals surface area contributed by atoms with Gasteiger partial charge in [-0.3, -0.25) is 14.5 Å². The van der Waals surface area contributed by atoms with Crippen molar-refractivity contribution in [2.75, 3.05) is 4.72 Å². The van der Waals surface area contributed by atoms with Crippen LogP contribution in [0.4, 0.5) is 5.82 Å². The predicted molar refractivity (Wildman–Crippen MR) is 130 cm³/mol. The first-order chi connectivity index (χ1) is 16.9. The number of benzene rings is 2. The summed E-state index contributed by atoms with van der Waals surface area (Å²) >= 11 is 0. The van der Waals surface area contributed by atoms with E-state index in [0.717, 1.165) is 16.7 Å². The summed E-state index contributed by atoms with van der Waals surface area (Å²) in [5.74, 6) is -0.730. The highest BCUT2D eigenvalue weighted by Gasteiger charge is 2.21. The van der Waals surface area contributed by atoms with E-state index in [2.05, 4.69) is 25.0 Å². The Kier molecular flexibility index (Phi) is 7.32. The summed E-state index contributed by atoms with van der Waals surface area (Å²) in [6.07, 6.45) is 4.44. The molecule has 0 saturated carbocycles. The van der Waals surface area contributed by atoms with Gasteiger partial charge in [0.1, 0.15) is 6.61 Å². The number of hydrogen-bond donors (Lipinski definition) is 2. The van der Waals surface area contributed by atoms with Gasteiger partial charge in [-0.15, -0.1) is 0 Å². The average Bonchev–Trinajstić information content (AvgIpc) is 2.88. The molecule has 0 atom stereocenters. The number of aryl methyl sites for hydroxylation is 1. The Morgan fingerprint density at radius 1 is 0.943 bits per heavy atom. The van der Waals surface area contributed by atoms with Gasteiger partial charge in [0.15, 0.2) is 5.69 Å². The molecule has 0 saturated heterocycles. The van der Waals surface area contributed by atoms with E-state index in [0.29, 0.717) is 6.54 Å². The summed E-state index contributed by atoms with van der Waals surface area (Å²) in [5, 5.41) is 2.77. The minimum Gasteiger partial charge on any atom is -0.470 e. The quantitative estimate of drug-likeness (QED) is 0.369. The molecule has 0 fully saturated rings. The molecule has 0 aliphatic rings. The predicted octanol–water partition coefficient (Wildman–Crippen LogP) is 3.49. The van der Waals surface area contributed by atoms with Crippen LogP contribution in [0.5, 0.6) is 5.88 Å². The molecule has 2 N–H and O–H groups in total. The van der Waals surface area contributed by atoms with Crippen molar-refractivity contribution >= 4 is 21.7 Å². The van der Waals surface area contributed by atoms with Gasteiger partial charge in [0.2, 0.25) is 5.82 Å². The van der Waals surface area contributed by atoms with E-state index in [-0.39, 0.29) is 28.9 Å². The summed E-state index contributed by atoms with van der Waals surface area (Å²) in [7, 11) is -3.96. The zero-order chi connectivity index (χ0) is 24.7. The number of pyridine rings is 1. The highest BCUT2D eigenvalue weighted by Crippen LogP contribution is 2.24. The van der Waals surface area contributed by atoms with Gasteiger partial charge in [0.25, 0.3) is 21.8 Å². The molecule has 2 aromatic carbocycles. The van der Waals surface area contributed by atoms with E-state index in [1.165, 1.54) is 18.3 Å². The molecule has 0 radical (unpaired) electrons. The molecular formula is C25H23N5O4S. The minimum absolute atomic E-state index is 0.0135. The fourth-order valence-electron chi connectivity index (χ4n) is 3.06. The number of carbonyl (C=O) groups is 1. The first-order valence-electron chi connectivity index (χ1n) is 10.7. The molecule has 35 heavy (non-hydrogen) atoms. The Bertz CT molecular complexity index is 1400. The topological polar surface area (TPSA) is 123 Å². The summed E-state index contributed by atoms with van der Waals surface area (Å²) in [4.78, 5) is 25.2. The molecule has 9 nitrogen and oxygen atoms in total. The smallest absolute Gasteiger partial charge is 0.271 e. The van der Waals surface area contributed by atoms with Crippen LogP contribution in [0.25, 0.3) is 0 Å². The molecule has 2 heterocycles. The molecule has 0 spiro atoms. The molecule has 0 bridgehead atoms. The number of nitrogens with one attached hydrogen (secondary N) is 2. The first kappa shape index (κ1) is 23.8. The third-order valence-corrected chi connectivity index (χ3v) is 6.28. The maximum atomic E-state index is 12.9. The number of sulfonamides is 1. The Hall–Kier alpha value is -4.31. The Morgan fingerprint density at radius 3 is 2.40 bits per heavy atom. The molecule has 178 valence electrons. The molecule has 0 unspecified atom stereocenters. The number of carbonyl (C=O) groups excluding carboxylic acids is 1. The van der Waals surface area contributed by atoms with Crippen molar-refractivity contribution in [2.45, 2.75) is 25.0 Å². The lowest BCUT2D eigenvalue weighted by atomic mass is 10.2. The summed E-state index contributed by atoms with van der Waals surface area (Å²) in [6, 6.07) is 19.3. The fraction of sp³-hybridized carbons (Fsp3) is 0.120. The van der Waals surface area contributed by atoms with Crippen molar-refractivity contribution < 1.29 is 17.9 Å². The summed E-state index contributed by atoms with van der Waals surface area (Å²) in [6.45, 7) is 2.22. The highest BCUT2D eigenvalue weighted by atomic mass is 32.2. The third kappa shape index (κ3) is 6.39. The van der Waals surface area contributed by atoms with Gasteiger partial charge in [-0.2, -0.15) is 0 Å². The molecule has 4 aromatic rings. The SMILES string of the molecule is Cc1ccc(S(=O)(=O)Nc2ncc(C(=O)NCc3ccccc3)nc2OCc2cccnc2)cc1. The maximum Gasteiger partial charge on any atom is 0.271 e. The van der Waals surface area contributed by atoms with Gasteiger partial charge < -0.3 is 10.1 Å². The molecular weight excluding hydrogens is 466 g/mol. The molecule has 1 amide bonds. The second-order valence-corrected chi connectivity index (χ2v) is 9.33. The lowest BCUT2D eigenvalue weighted by Crippen LogP contribution is -2.24. The molecule has 4 rings (SSSR count). The minimum atomic E-state index is -3.96. The number of rotatable bonds is 9. The average molecular weight is 490 g/mol. The van der Waals surface area contributed by atoms with E-state index in [1.807, 2.05) is 37.3 Å². The molecule has 0 aliphatic carbocycles. The second-order valence-electron chi connectivity index (χ2n) is 7.65. The van der Waals surface area contributed by atoms with Crippen molar-refractivity contribution in [3.8, 4) is 5.88 Å². The van der Waals surface area contributed by atoms with Gasteiger partial charge in [0.05, 0.1) is 11.1 Å². The fourth-order valence-corrected chi connectivity index (χ4v) is 4.07. The van der Waals surface area contributed by atoms with Crippen LogP contribution < -0.4 is 14.8 Å². The maximum absolute atomic E-state index is 12.9. The van der Waals surface area contributed by atoms with Gasteiger partial charge in [-0.05, 0) is 30.7 Å². The lowest BCUT2D eigenvalue weighted by molar-refractivity contribution is 0.0944. The van der Waals surface area contributed by atoms with Gasteiger partial charge in [-0.1, -0.05) is 54.1 Å². The number of nitrogens with zero attached hydrogens (tertiary/aromatic N) is 3. The number of amides is 1. The number of hydrogen-bond acceptors (Lipinski definition) is 7. The summed E-state index contributed by atoms with van der Waals surface area (Å²) < 4.78 is 34.0. The monoisotopic (exact) mass is 489 g/mol. The van der Waals surface area contributed by atoms with Gasteiger partial charge in [0, 0.05) is 24.5 Å². The zero-order valence-corrected chi connectivity index (χ0v) is 19.7. The molecule has 0 aliphatic heterocycles. The Labute approximate surface area is 203 Å². The lowest BCUT2D eigenvalue weighted by Gasteiger charge is -2.13. The molecule has 2 aromatic heterocycles. The number of aromatic nitrogens is 3. The van der Waals surface area contributed by atoms with Crippen LogP contribution in [0.15, 0.2) is 90.2 Å². The van der Waals surface area contributed by atoms with E-state index in [4.69, 9.17) is 4.74 Å². The van der Waals surface area contributed by atoms with Gasteiger partial charge >= 0.3 is 0 Å². The van der Waals surface area contributed by atoms with Gasteiger partial charge in [-0.25, -0.2) is 18.4 Å². The van der Waals surface area contributed by atoms with E-state index in [9.17, 15) is 13.2 Å². The second kappa shape index (κ2) is 10.7. The van der Waals surface area contributed by atoms with Crippen LogP contribution in [0.2, 0.25) is 0 Å². The van der Waals surface area contributed by atoms with Crippen LogP contribution in [-0.2, 0) is 23.2 Å². The molecule has 10 heteroatoms. The van der Waals surface area contributed by atoms with E-state index < -0.39 is 15.9 Å². The van der Waals surface area contributed by atoms with Crippen molar-refractivity contribution in [1.82, 2.24) is 20.3 Å². The third-order valence-electron chi connectivity index (χ3n) is 4.93. The van der Waals surface area contributed by atoms with Crippen molar-refractivity contribution in [3.63, 3.8) is 0 Å².